The van der Waals surface area contributed by atoms with Crippen molar-refractivity contribution < 1.29 is 8.42 Å². The van der Waals surface area contributed by atoms with E-state index in [0.717, 1.165) is 5.56 Å². The third-order valence-corrected chi connectivity index (χ3v) is 5.60. The van der Waals surface area contributed by atoms with Crippen molar-refractivity contribution in [2.75, 3.05) is 12.8 Å². The third-order valence-electron chi connectivity index (χ3n) is 3.33. The van der Waals surface area contributed by atoms with Gasteiger partial charge >= 0.3 is 0 Å². The number of nitrogens with zero attached hydrogens (tertiary/aromatic N) is 2. The van der Waals surface area contributed by atoms with Gasteiger partial charge in [-0.25, -0.2) is 13.4 Å². The fourth-order valence-electron chi connectivity index (χ4n) is 1.97. The molecule has 1 heterocycles. The first-order chi connectivity index (χ1) is 9.84. The Kier molecular flexibility index (Phi) is 4.51. The largest absolute Gasteiger partial charge is 0.384 e. The van der Waals surface area contributed by atoms with E-state index in [-0.39, 0.29) is 10.7 Å². The fourth-order valence-corrected chi connectivity index (χ4v) is 3.63. The highest BCUT2D eigenvalue weighted by Gasteiger charge is 2.27. The number of rotatable bonds is 4. The van der Waals surface area contributed by atoms with Gasteiger partial charge in [0.25, 0.3) is 0 Å². The van der Waals surface area contributed by atoms with Crippen molar-refractivity contribution in [1.82, 2.24) is 9.29 Å². The van der Waals surface area contributed by atoms with Gasteiger partial charge in [-0.05, 0) is 24.6 Å². The van der Waals surface area contributed by atoms with E-state index in [2.05, 4.69) is 4.98 Å². The second-order valence-corrected chi connectivity index (χ2v) is 7.04. The number of nitrogens with two attached hydrogens (primary N) is 1. The Hall–Kier alpha value is -1.63. The highest BCUT2D eigenvalue weighted by Crippen LogP contribution is 2.30. The molecule has 0 amide bonds. The normalized spacial score (nSPS) is 13.3. The molecule has 7 heteroatoms. The maximum Gasteiger partial charge on any atom is 0.243 e. The maximum absolute atomic E-state index is 12.6. The lowest BCUT2D eigenvalue weighted by Gasteiger charge is -2.25. The minimum Gasteiger partial charge on any atom is -0.384 e. The van der Waals surface area contributed by atoms with Crippen LogP contribution in [0.1, 0.15) is 18.5 Å². The molecule has 1 unspecified atom stereocenters. The second kappa shape index (κ2) is 6.01. The highest BCUT2D eigenvalue weighted by atomic mass is 35.5. The summed E-state index contributed by atoms with van der Waals surface area (Å²) in [5, 5.41) is 0.529. The zero-order chi connectivity index (χ0) is 15.6. The van der Waals surface area contributed by atoms with Crippen molar-refractivity contribution in [2.24, 2.45) is 0 Å². The molecule has 2 aromatic rings. The maximum atomic E-state index is 12.6. The van der Waals surface area contributed by atoms with Gasteiger partial charge < -0.3 is 5.73 Å². The molecular formula is C14H16ClN3O2S. The molecule has 0 bridgehead atoms. The van der Waals surface area contributed by atoms with E-state index in [4.69, 9.17) is 17.3 Å². The van der Waals surface area contributed by atoms with Gasteiger partial charge in [-0.2, -0.15) is 4.31 Å². The van der Waals surface area contributed by atoms with Crippen LogP contribution in [0.2, 0.25) is 5.02 Å². The first-order valence-electron chi connectivity index (χ1n) is 6.28. The van der Waals surface area contributed by atoms with Gasteiger partial charge in [-0.3, -0.25) is 0 Å². The van der Waals surface area contributed by atoms with E-state index in [9.17, 15) is 8.42 Å². The van der Waals surface area contributed by atoms with Crippen LogP contribution in [0.4, 0.5) is 5.82 Å². The third kappa shape index (κ3) is 3.18. The Morgan fingerprint density at radius 1 is 1.29 bits per heavy atom. The van der Waals surface area contributed by atoms with E-state index in [0.29, 0.717) is 5.02 Å². The molecule has 0 radical (unpaired) electrons. The van der Waals surface area contributed by atoms with Crippen LogP contribution in [-0.2, 0) is 10.0 Å². The Bertz CT molecular complexity index is 749. The van der Waals surface area contributed by atoms with Crippen molar-refractivity contribution in [3.8, 4) is 0 Å². The lowest BCUT2D eigenvalue weighted by molar-refractivity contribution is 0.398. The van der Waals surface area contributed by atoms with E-state index in [1.807, 2.05) is 6.07 Å². The fraction of sp³-hybridized carbons (Fsp3) is 0.214. The van der Waals surface area contributed by atoms with E-state index in [1.165, 1.54) is 29.7 Å². The van der Waals surface area contributed by atoms with Gasteiger partial charge in [-0.1, -0.05) is 29.8 Å². The summed E-state index contributed by atoms with van der Waals surface area (Å²) in [7, 11) is -2.16. The topological polar surface area (TPSA) is 76.3 Å². The van der Waals surface area contributed by atoms with Crippen molar-refractivity contribution in [3.63, 3.8) is 0 Å². The summed E-state index contributed by atoms with van der Waals surface area (Å²) in [5.74, 6) is 0.162. The minimum absolute atomic E-state index is 0.108. The molecule has 0 fully saturated rings. The standard InChI is InChI=1S/C14H16ClN3O2S/c1-10(12-5-3-4-6-13(12)15)18(2)21(19,20)11-7-8-17-14(16)9-11/h3-10H,1-2H3,(H2,16,17). The average molecular weight is 326 g/mol. The summed E-state index contributed by atoms with van der Waals surface area (Å²) in [5.41, 5.74) is 6.29. The molecule has 2 rings (SSSR count). The molecular weight excluding hydrogens is 310 g/mol. The first kappa shape index (κ1) is 15.8. The molecule has 0 spiro atoms. The Balaban J connectivity index is 2.39. The molecule has 1 aromatic heterocycles. The van der Waals surface area contributed by atoms with Gasteiger partial charge in [0, 0.05) is 30.4 Å². The number of aromatic nitrogens is 1. The van der Waals surface area contributed by atoms with Crippen LogP contribution >= 0.6 is 11.6 Å². The number of anilines is 1. The lowest BCUT2D eigenvalue weighted by atomic mass is 10.1. The van der Waals surface area contributed by atoms with E-state index in [1.54, 1.807) is 25.1 Å². The summed E-state index contributed by atoms with van der Waals surface area (Å²) in [6, 6.07) is 9.52. The summed E-state index contributed by atoms with van der Waals surface area (Å²) >= 11 is 6.13. The smallest absolute Gasteiger partial charge is 0.243 e. The number of benzene rings is 1. The van der Waals surface area contributed by atoms with Crippen molar-refractivity contribution in [1.29, 1.82) is 0 Å². The van der Waals surface area contributed by atoms with Gasteiger partial charge in [0.05, 0.1) is 4.90 Å². The summed E-state index contributed by atoms with van der Waals surface area (Å²) in [4.78, 5) is 3.91. The molecule has 0 aliphatic rings. The molecule has 0 saturated heterocycles. The van der Waals surface area contributed by atoms with Crippen LogP contribution < -0.4 is 5.73 Å². The number of sulfonamides is 1. The molecule has 21 heavy (non-hydrogen) atoms. The van der Waals surface area contributed by atoms with Gasteiger partial charge in [0.1, 0.15) is 5.82 Å². The zero-order valence-corrected chi connectivity index (χ0v) is 13.3. The molecule has 5 nitrogen and oxygen atoms in total. The lowest BCUT2D eigenvalue weighted by Crippen LogP contribution is -2.30. The van der Waals surface area contributed by atoms with Crippen LogP contribution in [0, 0.1) is 0 Å². The molecule has 2 N–H and O–H groups in total. The first-order valence-corrected chi connectivity index (χ1v) is 8.10. The van der Waals surface area contributed by atoms with Crippen LogP contribution in [-0.4, -0.2) is 24.8 Å². The molecule has 1 aromatic carbocycles. The number of hydrogen-bond acceptors (Lipinski definition) is 4. The Morgan fingerprint density at radius 2 is 1.95 bits per heavy atom. The average Bonchev–Trinajstić information content (AvgIpc) is 2.46. The van der Waals surface area contributed by atoms with Gasteiger partial charge in [0.15, 0.2) is 0 Å². The second-order valence-electron chi connectivity index (χ2n) is 4.64. The SMILES string of the molecule is CC(c1ccccc1Cl)N(C)S(=O)(=O)c1ccnc(N)c1. The number of hydrogen-bond donors (Lipinski definition) is 1. The number of halogens is 1. The van der Waals surface area contributed by atoms with Crippen LogP contribution in [0.5, 0.6) is 0 Å². The predicted octanol–water partition coefficient (Wildman–Crippen LogP) is 2.70. The van der Waals surface area contributed by atoms with Crippen molar-refractivity contribution in [3.05, 3.63) is 53.2 Å². The Labute approximate surface area is 129 Å². The Morgan fingerprint density at radius 3 is 2.57 bits per heavy atom. The number of nitrogen functional groups attached to an aromatic ring is 1. The zero-order valence-electron chi connectivity index (χ0n) is 11.7. The summed E-state index contributed by atoms with van der Waals surface area (Å²) in [6.07, 6.45) is 1.37. The van der Waals surface area contributed by atoms with Gasteiger partial charge in [-0.15, -0.1) is 0 Å². The molecule has 0 aliphatic heterocycles. The highest BCUT2D eigenvalue weighted by molar-refractivity contribution is 7.89. The molecule has 1 atom stereocenters. The van der Waals surface area contributed by atoms with Gasteiger partial charge in [0.2, 0.25) is 10.0 Å². The summed E-state index contributed by atoms with van der Waals surface area (Å²) < 4.78 is 26.5. The van der Waals surface area contributed by atoms with E-state index >= 15 is 0 Å². The van der Waals surface area contributed by atoms with E-state index < -0.39 is 16.1 Å². The van der Waals surface area contributed by atoms with Crippen LogP contribution in [0.15, 0.2) is 47.5 Å². The monoisotopic (exact) mass is 325 g/mol. The minimum atomic E-state index is -3.67. The van der Waals surface area contributed by atoms with Crippen molar-refractivity contribution >= 4 is 27.4 Å². The summed E-state index contributed by atoms with van der Waals surface area (Å²) in [6.45, 7) is 1.78. The van der Waals surface area contributed by atoms with Crippen LogP contribution in [0.25, 0.3) is 0 Å². The van der Waals surface area contributed by atoms with Crippen LogP contribution in [0.3, 0.4) is 0 Å². The molecule has 0 aliphatic carbocycles. The quantitative estimate of drug-likeness (QED) is 0.937. The predicted molar refractivity (Wildman–Crippen MR) is 83.5 cm³/mol. The molecule has 112 valence electrons. The molecule has 0 saturated carbocycles. The number of pyridine rings is 1. The van der Waals surface area contributed by atoms with Crippen molar-refractivity contribution in [2.45, 2.75) is 17.9 Å².